The molecule has 1 unspecified atom stereocenters. The number of benzene rings is 2. The molecule has 3 aromatic rings. The van der Waals surface area contributed by atoms with Crippen molar-refractivity contribution >= 4 is 21.5 Å². The van der Waals surface area contributed by atoms with E-state index in [9.17, 15) is 13.2 Å². The first-order valence-corrected chi connectivity index (χ1v) is 10.5. The van der Waals surface area contributed by atoms with Crippen LogP contribution in [0.5, 0.6) is 0 Å². The third-order valence-electron chi connectivity index (χ3n) is 4.48. The minimum Gasteiger partial charge on any atom is -0.355 e. The molecule has 1 aromatic heterocycles. The van der Waals surface area contributed by atoms with E-state index in [0.29, 0.717) is 16.9 Å². The maximum Gasteiger partial charge on any atom is 0.229 e. The summed E-state index contributed by atoms with van der Waals surface area (Å²) in [7, 11) is -3.29. The lowest BCUT2D eigenvalue weighted by Gasteiger charge is -2.12. The van der Waals surface area contributed by atoms with Gasteiger partial charge in [-0.1, -0.05) is 49.4 Å². The third kappa shape index (κ3) is 4.46. The van der Waals surface area contributed by atoms with Gasteiger partial charge in [0.2, 0.25) is 15.8 Å². The monoisotopic (exact) mass is 382 g/mol. The molecule has 0 radical (unpaired) electrons. The van der Waals surface area contributed by atoms with Crippen molar-refractivity contribution in [2.24, 2.45) is 0 Å². The van der Waals surface area contributed by atoms with Gasteiger partial charge in [-0.2, -0.15) is 0 Å². The van der Waals surface area contributed by atoms with E-state index in [1.165, 1.54) is 0 Å². The fraction of sp³-hybridized carbons (Fsp3) is 0.190. The standard InChI is InChI=1S/C21H22N2O3S/c1-14-13-19(22-20(14)21(24)17-7-5-4-6-8-17)15(2)16-9-11-18(12-10-16)23-27(3,25)26/h4-13,15,22-23H,1-3H3. The van der Waals surface area contributed by atoms with E-state index >= 15 is 0 Å². The zero-order valence-electron chi connectivity index (χ0n) is 15.5. The predicted octanol–water partition coefficient (Wildman–Crippen LogP) is 4.08. The zero-order valence-corrected chi connectivity index (χ0v) is 16.3. The minimum absolute atomic E-state index is 0.0285. The number of rotatable bonds is 6. The number of hydrogen-bond acceptors (Lipinski definition) is 3. The number of aromatic nitrogens is 1. The maximum absolute atomic E-state index is 12.7. The second kappa shape index (κ2) is 7.40. The van der Waals surface area contributed by atoms with Crippen molar-refractivity contribution < 1.29 is 13.2 Å². The number of hydrogen-bond donors (Lipinski definition) is 2. The highest BCUT2D eigenvalue weighted by atomic mass is 32.2. The first-order chi connectivity index (χ1) is 12.7. The smallest absolute Gasteiger partial charge is 0.229 e. The number of nitrogens with one attached hydrogen (secondary N) is 2. The van der Waals surface area contributed by atoms with Crippen LogP contribution in [-0.2, 0) is 10.0 Å². The van der Waals surface area contributed by atoms with Crippen LogP contribution in [0.4, 0.5) is 5.69 Å². The summed E-state index contributed by atoms with van der Waals surface area (Å²) < 4.78 is 25.1. The first kappa shape index (κ1) is 18.9. The Morgan fingerprint density at radius 2 is 1.67 bits per heavy atom. The molecule has 1 atom stereocenters. The van der Waals surface area contributed by atoms with Gasteiger partial charge in [0.1, 0.15) is 0 Å². The summed E-state index contributed by atoms with van der Waals surface area (Å²) in [5.41, 5.74) is 4.64. The molecule has 27 heavy (non-hydrogen) atoms. The van der Waals surface area contributed by atoms with Gasteiger partial charge in [0.15, 0.2) is 0 Å². The summed E-state index contributed by atoms with van der Waals surface area (Å²) in [6, 6.07) is 18.4. The summed E-state index contributed by atoms with van der Waals surface area (Å²) in [6.07, 6.45) is 1.12. The van der Waals surface area contributed by atoms with Gasteiger partial charge in [-0.05, 0) is 36.2 Å². The minimum atomic E-state index is -3.29. The Hall–Kier alpha value is -2.86. The summed E-state index contributed by atoms with van der Waals surface area (Å²) in [5, 5.41) is 0. The molecule has 0 fully saturated rings. The summed E-state index contributed by atoms with van der Waals surface area (Å²) in [5.74, 6) is 0.00700. The van der Waals surface area contributed by atoms with Gasteiger partial charge in [-0.25, -0.2) is 8.42 Å². The fourth-order valence-corrected chi connectivity index (χ4v) is 3.59. The number of H-pyrrole nitrogens is 1. The van der Waals surface area contributed by atoms with Crippen LogP contribution >= 0.6 is 0 Å². The largest absolute Gasteiger partial charge is 0.355 e. The van der Waals surface area contributed by atoms with Gasteiger partial charge in [-0.15, -0.1) is 0 Å². The van der Waals surface area contributed by atoms with E-state index in [4.69, 9.17) is 0 Å². The molecule has 0 aliphatic carbocycles. The van der Waals surface area contributed by atoms with Gasteiger partial charge >= 0.3 is 0 Å². The van der Waals surface area contributed by atoms with Gasteiger partial charge in [-0.3, -0.25) is 9.52 Å². The highest BCUT2D eigenvalue weighted by Crippen LogP contribution is 2.27. The second-order valence-electron chi connectivity index (χ2n) is 6.70. The Labute approximate surface area is 159 Å². The van der Waals surface area contributed by atoms with E-state index in [2.05, 4.69) is 9.71 Å². The van der Waals surface area contributed by atoms with Gasteiger partial charge < -0.3 is 4.98 Å². The fourth-order valence-electron chi connectivity index (χ4n) is 3.02. The van der Waals surface area contributed by atoms with E-state index in [0.717, 1.165) is 23.1 Å². The number of sulfonamides is 1. The number of ketones is 1. The van der Waals surface area contributed by atoms with Crippen LogP contribution in [0, 0.1) is 6.92 Å². The van der Waals surface area contributed by atoms with Crippen LogP contribution < -0.4 is 4.72 Å². The molecular weight excluding hydrogens is 360 g/mol. The van der Waals surface area contributed by atoms with E-state index in [-0.39, 0.29) is 11.7 Å². The maximum atomic E-state index is 12.7. The average molecular weight is 382 g/mol. The first-order valence-electron chi connectivity index (χ1n) is 8.61. The molecule has 0 aliphatic heterocycles. The van der Waals surface area contributed by atoms with Crippen LogP contribution in [-0.4, -0.2) is 25.4 Å². The third-order valence-corrected chi connectivity index (χ3v) is 5.09. The Morgan fingerprint density at radius 3 is 2.26 bits per heavy atom. The molecule has 1 heterocycles. The molecule has 3 rings (SSSR count). The van der Waals surface area contributed by atoms with Crippen molar-refractivity contribution in [3.8, 4) is 0 Å². The Balaban J connectivity index is 1.84. The molecule has 140 valence electrons. The summed E-state index contributed by atoms with van der Waals surface area (Å²) >= 11 is 0. The van der Waals surface area contributed by atoms with Crippen LogP contribution in [0.15, 0.2) is 60.7 Å². The molecule has 0 amide bonds. The van der Waals surface area contributed by atoms with E-state index < -0.39 is 10.0 Å². The van der Waals surface area contributed by atoms with Crippen LogP contribution in [0.3, 0.4) is 0 Å². The molecule has 6 heteroatoms. The van der Waals surface area contributed by atoms with Crippen LogP contribution in [0.2, 0.25) is 0 Å². The van der Waals surface area contributed by atoms with Gasteiger partial charge in [0, 0.05) is 22.9 Å². The lowest BCUT2D eigenvalue weighted by molar-refractivity contribution is 0.103. The zero-order chi connectivity index (χ0) is 19.6. The van der Waals surface area contributed by atoms with Crippen molar-refractivity contribution in [3.05, 3.63) is 88.7 Å². The Bertz CT molecular complexity index is 1050. The highest BCUT2D eigenvalue weighted by Gasteiger charge is 2.18. The topological polar surface area (TPSA) is 79.0 Å². The Kier molecular flexibility index (Phi) is 5.19. The van der Waals surface area contributed by atoms with Crippen LogP contribution in [0.25, 0.3) is 0 Å². The molecule has 0 spiro atoms. The van der Waals surface area contributed by atoms with Gasteiger partial charge in [0.05, 0.1) is 11.9 Å². The average Bonchev–Trinajstić information content (AvgIpc) is 3.02. The molecule has 0 aliphatic rings. The molecule has 5 nitrogen and oxygen atoms in total. The van der Waals surface area contributed by atoms with E-state index in [1.54, 1.807) is 24.3 Å². The van der Waals surface area contributed by atoms with Crippen molar-refractivity contribution in [1.29, 1.82) is 0 Å². The Morgan fingerprint density at radius 1 is 1.04 bits per heavy atom. The van der Waals surface area contributed by atoms with Crippen molar-refractivity contribution in [3.63, 3.8) is 0 Å². The summed E-state index contributed by atoms with van der Waals surface area (Å²) in [4.78, 5) is 16.0. The molecule has 2 aromatic carbocycles. The number of aromatic amines is 1. The molecule has 0 saturated carbocycles. The van der Waals surface area contributed by atoms with Gasteiger partial charge in [0.25, 0.3) is 0 Å². The predicted molar refractivity (Wildman–Crippen MR) is 108 cm³/mol. The second-order valence-corrected chi connectivity index (χ2v) is 8.44. The number of aryl methyl sites for hydroxylation is 1. The van der Waals surface area contributed by atoms with Crippen molar-refractivity contribution in [1.82, 2.24) is 4.98 Å². The molecular formula is C21H22N2O3S. The lowest BCUT2D eigenvalue weighted by Crippen LogP contribution is -2.09. The normalized spacial score (nSPS) is 12.6. The van der Waals surface area contributed by atoms with Crippen molar-refractivity contribution in [2.45, 2.75) is 19.8 Å². The number of carbonyl (C=O) groups excluding carboxylic acids is 1. The quantitative estimate of drug-likeness (QED) is 0.631. The molecule has 2 N–H and O–H groups in total. The highest BCUT2D eigenvalue weighted by molar-refractivity contribution is 7.92. The molecule has 0 saturated heterocycles. The van der Waals surface area contributed by atoms with Crippen LogP contribution in [0.1, 0.15) is 45.7 Å². The SMILES string of the molecule is Cc1cc(C(C)c2ccc(NS(C)(=O)=O)cc2)[nH]c1C(=O)c1ccccc1. The lowest BCUT2D eigenvalue weighted by atomic mass is 9.97. The molecule has 0 bridgehead atoms. The number of anilines is 1. The summed E-state index contributed by atoms with van der Waals surface area (Å²) in [6.45, 7) is 3.96. The van der Waals surface area contributed by atoms with Crippen molar-refractivity contribution in [2.75, 3.05) is 11.0 Å². The van der Waals surface area contributed by atoms with E-state index in [1.807, 2.05) is 50.2 Å². The number of carbonyl (C=O) groups is 1.